The number of hydrogen-bond donors (Lipinski definition) is 4. The molecule has 2 amide bonds. The van der Waals surface area contributed by atoms with Gasteiger partial charge in [0.2, 0.25) is 5.91 Å². The van der Waals surface area contributed by atoms with Crippen LogP contribution in [0.15, 0.2) is 103 Å². The molecule has 0 saturated heterocycles. The van der Waals surface area contributed by atoms with Crippen molar-refractivity contribution in [2.24, 2.45) is 0 Å². The van der Waals surface area contributed by atoms with Crippen molar-refractivity contribution in [1.82, 2.24) is 25.5 Å². The number of hydrogen-bond acceptors (Lipinski definition) is 6. The number of carbonyl (C=O) groups excluding carboxylic acids is 2. The third-order valence-corrected chi connectivity index (χ3v) is 8.69. The first-order valence-corrected chi connectivity index (χ1v) is 17.1. The molecule has 0 fully saturated rings. The van der Waals surface area contributed by atoms with E-state index in [0.29, 0.717) is 37.3 Å². The second-order valence-corrected chi connectivity index (χ2v) is 12.7. The van der Waals surface area contributed by atoms with Crippen molar-refractivity contribution < 1.29 is 19.4 Å². The highest BCUT2D eigenvalue weighted by molar-refractivity contribution is 5.94. The molecule has 5 aromatic rings. The SMILES string of the molecule is COc1cccc(CCNC(=O)c2ccc(CNC(=O)Cc3cccc(CC(C)NC[C@@H](O)c4cccc(-n5c(C)ccc5C)n4)c3)cc2)c1. The Bertz CT molecular complexity index is 1860. The number of aliphatic hydroxyl groups excluding tert-OH is 1. The molecular weight excluding hydrogens is 626 g/mol. The molecule has 50 heavy (non-hydrogen) atoms. The second-order valence-electron chi connectivity index (χ2n) is 12.7. The number of nitrogens with one attached hydrogen (secondary N) is 3. The molecule has 0 aliphatic rings. The van der Waals surface area contributed by atoms with Gasteiger partial charge in [0, 0.05) is 42.6 Å². The highest BCUT2D eigenvalue weighted by atomic mass is 16.5. The Morgan fingerprint density at radius 2 is 1.52 bits per heavy atom. The fourth-order valence-corrected chi connectivity index (χ4v) is 5.96. The fraction of sp³-hybridized carbons (Fsp3) is 0.293. The molecule has 0 aliphatic heterocycles. The average molecular weight is 674 g/mol. The van der Waals surface area contributed by atoms with Crippen molar-refractivity contribution in [3.63, 3.8) is 0 Å². The van der Waals surface area contributed by atoms with E-state index < -0.39 is 6.10 Å². The Morgan fingerprint density at radius 1 is 0.820 bits per heavy atom. The van der Waals surface area contributed by atoms with Crippen molar-refractivity contribution in [2.45, 2.75) is 58.7 Å². The lowest BCUT2D eigenvalue weighted by Gasteiger charge is -2.18. The summed E-state index contributed by atoms with van der Waals surface area (Å²) in [4.78, 5) is 30.1. The third kappa shape index (κ3) is 10.1. The van der Waals surface area contributed by atoms with Crippen LogP contribution in [-0.2, 0) is 30.6 Å². The third-order valence-electron chi connectivity index (χ3n) is 8.69. The van der Waals surface area contributed by atoms with Gasteiger partial charge in [0.25, 0.3) is 5.91 Å². The highest BCUT2D eigenvalue weighted by Gasteiger charge is 2.14. The first-order chi connectivity index (χ1) is 24.2. The second kappa shape index (κ2) is 17.4. The average Bonchev–Trinajstić information content (AvgIpc) is 3.47. The summed E-state index contributed by atoms with van der Waals surface area (Å²) in [5, 5.41) is 20.3. The zero-order valence-electron chi connectivity index (χ0n) is 29.3. The summed E-state index contributed by atoms with van der Waals surface area (Å²) >= 11 is 0. The number of carbonyl (C=O) groups is 2. The summed E-state index contributed by atoms with van der Waals surface area (Å²) in [5.74, 6) is 1.39. The van der Waals surface area contributed by atoms with Gasteiger partial charge in [0.05, 0.1) is 19.2 Å². The van der Waals surface area contributed by atoms with Gasteiger partial charge in [-0.15, -0.1) is 0 Å². The van der Waals surface area contributed by atoms with Crippen LogP contribution in [0, 0.1) is 13.8 Å². The van der Waals surface area contributed by atoms with Crippen LogP contribution in [0.25, 0.3) is 5.82 Å². The molecule has 0 aliphatic carbocycles. The van der Waals surface area contributed by atoms with Crippen LogP contribution in [0.4, 0.5) is 0 Å². The molecule has 0 bridgehead atoms. The number of methoxy groups -OCH3 is 1. The summed E-state index contributed by atoms with van der Waals surface area (Å²) in [5.41, 5.74) is 7.45. The van der Waals surface area contributed by atoms with E-state index in [9.17, 15) is 14.7 Å². The van der Waals surface area contributed by atoms with Crippen molar-refractivity contribution in [2.75, 3.05) is 20.2 Å². The lowest BCUT2D eigenvalue weighted by molar-refractivity contribution is -0.120. The smallest absolute Gasteiger partial charge is 0.251 e. The largest absolute Gasteiger partial charge is 0.497 e. The van der Waals surface area contributed by atoms with E-state index in [1.165, 1.54) is 0 Å². The summed E-state index contributed by atoms with van der Waals surface area (Å²) in [6.07, 6.45) is 0.981. The van der Waals surface area contributed by atoms with E-state index in [0.717, 1.165) is 51.6 Å². The number of nitrogens with zero attached hydrogens (tertiary/aromatic N) is 2. The molecule has 3 aromatic carbocycles. The number of pyridine rings is 1. The Balaban J connectivity index is 1.03. The molecule has 0 spiro atoms. The maximum atomic E-state index is 12.8. The summed E-state index contributed by atoms with van der Waals surface area (Å²) in [6, 6.07) is 33.1. The molecule has 0 radical (unpaired) electrons. The molecule has 2 atom stereocenters. The van der Waals surface area contributed by atoms with E-state index in [2.05, 4.69) is 51.7 Å². The number of aryl methyl sites for hydroxylation is 2. The van der Waals surface area contributed by atoms with E-state index >= 15 is 0 Å². The van der Waals surface area contributed by atoms with Crippen molar-refractivity contribution in [1.29, 1.82) is 0 Å². The van der Waals surface area contributed by atoms with Crippen LogP contribution >= 0.6 is 0 Å². The molecule has 5 rings (SSSR count). The van der Waals surface area contributed by atoms with Crippen LogP contribution in [0.5, 0.6) is 5.75 Å². The maximum absolute atomic E-state index is 12.8. The van der Waals surface area contributed by atoms with Gasteiger partial charge in [-0.1, -0.05) is 54.6 Å². The summed E-state index contributed by atoms with van der Waals surface area (Å²) in [7, 11) is 1.64. The van der Waals surface area contributed by atoms with Crippen LogP contribution in [0.2, 0.25) is 0 Å². The van der Waals surface area contributed by atoms with Gasteiger partial charge >= 0.3 is 0 Å². The van der Waals surface area contributed by atoms with Gasteiger partial charge < -0.3 is 30.4 Å². The molecule has 4 N–H and O–H groups in total. The number of benzene rings is 3. The molecular formula is C41H47N5O4. The zero-order chi connectivity index (χ0) is 35.5. The monoisotopic (exact) mass is 673 g/mol. The van der Waals surface area contributed by atoms with Gasteiger partial charge in [-0.3, -0.25) is 9.59 Å². The minimum absolute atomic E-state index is 0.0733. The Hall–Kier alpha value is -5.25. The van der Waals surface area contributed by atoms with Gasteiger partial charge in [-0.25, -0.2) is 4.98 Å². The van der Waals surface area contributed by atoms with E-state index in [1.807, 2.05) is 80.6 Å². The van der Waals surface area contributed by atoms with Gasteiger partial charge in [0.1, 0.15) is 17.7 Å². The van der Waals surface area contributed by atoms with Crippen LogP contribution in [-0.4, -0.2) is 52.7 Å². The van der Waals surface area contributed by atoms with Crippen molar-refractivity contribution >= 4 is 11.8 Å². The Kier molecular flexibility index (Phi) is 12.6. The van der Waals surface area contributed by atoms with Gasteiger partial charge in [-0.05, 0) is 104 Å². The quantitative estimate of drug-likeness (QED) is 0.109. The minimum atomic E-state index is -0.743. The van der Waals surface area contributed by atoms with Crippen LogP contribution in [0.3, 0.4) is 0 Å². The molecule has 9 nitrogen and oxygen atoms in total. The summed E-state index contributed by atoms with van der Waals surface area (Å²) < 4.78 is 7.33. The normalized spacial score (nSPS) is 12.3. The molecule has 0 saturated carbocycles. The standard InChI is InChI=1S/C41H47N5O4/c1-28(43-27-38(47)37-12-7-13-39(45-37)46-29(2)14-15-30(46)3)22-33-9-5-10-34(23-33)25-40(48)44-26-32-16-18-35(19-17-32)41(49)42-21-20-31-8-6-11-36(24-31)50-4/h5-19,23-24,28,38,43,47H,20-22,25-27H2,1-4H3,(H,42,49)(H,44,48)/t28?,38-/m1/s1. The van der Waals surface area contributed by atoms with Crippen molar-refractivity contribution in [3.05, 3.63) is 148 Å². The number of aliphatic hydroxyl groups is 1. The molecule has 260 valence electrons. The van der Waals surface area contributed by atoms with Crippen LogP contribution < -0.4 is 20.7 Å². The lowest BCUT2D eigenvalue weighted by atomic mass is 10.0. The highest BCUT2D eigenvalue weighted by Crippen LogP contribution is 2.18. The van der Waals surface area contributed by atoms with Gasteiger partial charge in [-0.2, -0.15) is 0 Å². The fourth-order valence-electron chi connectivity index (χ4n) is 5.96. The minimum Gasteiger partial charge on any atom is -0.497 e. The van der Waals surface area contributed by atoms with E-state index in [-0.39, 0.29) is 24.3 Å². The number of aromatic nitrogens is 2. The first kappa shape index (κ1) is 36.0. The number of amides is 2. The maximum Gasteiger partial charge on any atom is 0.251 e. The molecule has 2 aromatic heterocycles. The van der Waals surface area contributed by atoms with Crippen LogP contribution in [0.1, 0.15) is 62.7 Å². The Labute approximate surface area is 294 Å². The topological polar surface area (TPSA) is 118 Å². The Morgan fingerprint density at radius 3 is 2.28 bits per heavy atom. The number of rotatable bonds is 16. The number of ether oxygens (including phenoxy) is 1. The van der Waals surface area contributed by atoms with E-state index in [4.69, 9.17) is 9.72 Å². The summed E-state index contributed by atoms with van der Waals surface area (Å²) in [6.45, 7) is 7.44. The lowest BCUT2D eigenvalue weighted by Crippen LogP contribution is -2.32. The predicted octanol–water partition coefficient (Wildman–Crippen LogP) is 5.58. The molecule has 9 heteroatoms. The molecule has 1 unspecified atom stereocenters. The zero-order valence-corrected chi connectivity index (χ0v) is 29.3. The van der Waals surface area contributed by atoms with Crippen molar-refractivity contribution in [3.8, 4) is 11.6 Å². The van der Waals surface area contributed by atoms with Gasteiger partial charge in [0.15, 0.2) is 0 Å². The molecule has 2 heterocycles. The first-order valence-electron chi connectivity index (χ1n) is 17.1. The predicted molar refractivity (Wildman–Crippen MR) is 197 cm³/mol. The van der Waals surface area contributed by atoms with E-state index in [1.54, 1.807) is 19.2 Å².